The van der Waals surface area contributed by atoms with E-state index in [-0.39, 0.29) is 18.4 Å². The van der Waals surface area contributed by atoms with Gasteiger partial charge in [0.05, 0.1) is 6.54 Å². The third-order valence-corrected chi connectivity index (χ3v) is 5.87. The average molecular weight is 431 g/mol. The fourth-order valence-electron chi connectivity index (χ4n) is 3.65. The fraction of sp³-hybridized carbons (Fsp3) is 0.524. The van der Waals surface area contributed by atoms with E-state index in [0.29, 0.717) is 43.3 Å². The summed E-state index contributed by atoms with van der Waals surface area (Å²) in [6, 6.07) is 7.98. The first-order valence-electron chi connectivity index (χ1n) is 10.4. The van der Waals surface area contributed by atoms with E-state index in [1.54, 1.807) is 4.57 Å². The normalized spacial score (nSPS) is 14.7. The molecule has 1 saturated heterocycles. The Bertz CT molecular complexity index is 924. The van der Waals surface area contributed by atoms with E-state index >= 15 is 0 Å². The van der Waals surface area contributed by atoms with Crippen molar-refractivity contribution in [2.75, 3.05) is 45.8 Å². The number of rotatable bonds is 7. The van der Waals surface area contributed by atoms with Crippen molar-refractivity contribution >= 4 is 24.0 Å². The van der Waals surface area contributed by atoms with Crippen molar-refractivity contribution < 1.29 is 9.59 Å². The molecule has 1 aliphatic rings. The molecule has 0 aliphatic carbocycles. The maximum Gasteiger partial charge on any atom is 0.242 e. The van der Waals surface area contributed by atoms with Gasteiger partial charge in [0.15, 0.2) is 10.6 Å². The highest BCUT2D eigenvalue weighted by Crippen LogP contribution is 2.18. The first kappa shape index (κ1) is 22.2. The lowest BCUT2D eigenvalue weighted by Gasteiger charge is -2.35. The summed E-state index contributed by atoms with van der Waals surface area (Å²) in [6.45, 7) is 10.6. The Kier molecular flexibility index (Phi) is 7.38. The lowest BCUT2D eigenvalue weighted by atomic mass is 10.1. The van der Waals surface area contributed by atoms with E-state index in [2.05, 4.69) is 15.1 Å². The van der Waals surface area contributed by atoms with Crippen LogP contribution >= 0.6 is 12.2 Å². The van der Waals surface area contributed by atoms with Crippen LogP contribution in [0.25, 0.3) is 11.4 Å². The Morgan fingerprint density at radius 1 is 1.07 bits per heavy atom. The van der Waals surface area contributed by atoms with Crippen LogP contribution in [0.3, 0.4) is 0 Å². The van der Waals surface area contributed by atoms with Crippen LogP contribution in [0.5, 0.6) is 0 Å². The van der Waals surface area contributed by atoms with E-state index in [0.717, 1.165) is 24.2 Å². The number of aromatic nitrogens is 3. The number of nitrogens with one attached hydrogen (secondary N) is 1. The second-order valence-electron chi connectivity index (χ2n) is 7.53. The molecular weight excluding hydrogens is 400 g/mol. The van der Waals surface area contributed by atoms with Crippen molar-refractivity contribution in [3.8, 4) is 11.4 Å². The third kappa shape index (κ3) is 5.14. The van der Waals surface area contributed by atoms with Crippen molar-refractivity contribution in [1.29, 1.82) is 0 Å². The van der Waals surface area contributed by atoms with E-state index in [9.17, 15) is 9.59 Å². The van der Waals surface area contributed by atoms with Gasteiger partial charge in [-0.3, -0.25) is 24.2 Å². The third-order valence-electron chi connectivity index (χ3n) is 5.56. The second kappa shape index (κ2) is 9.99. The van der Waals surface area contributed by atoms with Gasteiger partial charge in [-0.25, -0.2) is 0 Å². The van der Waals surface area contributed by atoms with Crippen LogP contribution in [0.4, 0.5) is 0 Å². The number of carbonyl (C=O) groups is 2. The molecule has 9 heteroatoms. The summed E-state index contributed by atoms with van der Waals surface area (Å²) in [5.74, 6) is 0.819. The van der Waals surface area contributed by atoms with Crippen molar-refractivity contribution in [2.24, 2.45) is 0 Å². The molecule has 2 aromatic rings. The predicted octanol–water partition coefficient (Wildman–Crippen LogP) is 1.93. The maximum absolute atomic E-state index is 12.9. The number of nitrogens with zero attached hydrogens (tertiary/aromatic N) is 5. The molecule has 0 spiro atoms. The zero-order valence-electron chi connectivity index (χ0n) is 17.9. The average Bonchev–Trinajstić information content (AvgIpc) is 3.10. The van der Waals surface area contributed by atoms with Gasteiger partial charge in [0.25, 0.3) is 0 Å². The Morgan fingerprint density at radius 3 is 2.30 bits per heavy atom. The summed E-state index contributed by atoms with van der Waals surface area (Å²) >= 11 is 5.36. The largest absolute Gasteiger partial charge is 0.342 e. The van der Waals surface area contributed by atoms with Gasteiger partial charge in [-0.1, -0.05) is 29.8 Å². The molecule has 162 valence electrons. The van der Waals surface area contributed by atoms with Crippen LogP contribution in [0.2, 0.25) is 0 Å². The lowest BCUT2D eigenvalue weighted by molar-refractivity contribution is -0.135. The topological polar surface area (TPSA) is 77.5 Å². The van der Waals surface area contributed by atoms with Gasteiger partial charge in [-0.2, -0.15) is 5.10 Å². The maximum atomic E-state index is 12.9. The first-order valence-corrected chi connectivity index (χ1v) is 10.8. The Hall–Kier alpha value is -2.52. The van der Waals surface area contributed by atoms with Gasteiger partial charge >= 0.3 is 0 Å². The molecule has 0 saturated carbocycles. The number of carbonyl (C=O) groups excluding carboxylic acids is 2. The number of H-pyrrole nitrogens is 1. The molecule has 1 aromatic heterocycles. The van der Waals surface area contributed by atoms with Gasteiger partial charge < -0.3 is 9.80 Å². The van der Waals surface area contributed by atoms with Crippen molar-refractivity contribution in [1.82, 2.24) is 29.5 Å². The molecule has 1 aromatic carbocycles. The standard InChI is InChI=1S/C21H30N6O2S/c1-4-25(5-2)18(28)14-24-10-12-26(13-11-24)19(29)15-27-20(22-23-21(27)30)17-8-6-16(3)7-9-17/h6-9H,4-5,10-15H2,1-3H3,(H,23,30). The van der Waals surface area contributed by atoms with Gasteiger partial charge in [-0.15, -0.1) is 0 Å². The number of hydrogen-bond donors (Lipinski definition) is 1. The minimum atomic E-state index is 0.00980. The summed E-state index contributed by atoms with van der Waals surface area (Å²) in [7, 11) is 0. The fourth-order valence-corrected chi connectivity index (χ4v) is 3.84. The van der Waals surface area contributed by atoms with Crippen LogP contribution in [-0.2, 0) is 16.1 Å². The summed E-state index contributed by atoms with van der Waals surface area (Å²) in [5.41, 5.74) is 2.08. The number of aryl methyl sites for hydroxylation is 1. The molecular formula is C21H30N6O2S. The molecule has 1 N–H and O–H groups in total. The highest BCUT2D eigenvalue weighted by Gasteiger charge is 2.24. The first-order chi connectivity index (χ1) is 14.4. The molecule has 0 atom stereocenters. The molecule has 3 rings (SSSR count). The van der Waals surface area contributed by atoms with Crippen molar-refractivity contribution in [2.45, 2.75) is 27.3 Å². The number of piperazine rings is 1. The highest BCUT2D eigenvalue weighted by molar-refractivity contribution is 7.71. The van der Waals surface area contributed by atoms with Crippen LogP contribution in [0.1, 0.15) is 19.4 Å². The quantitative estimate of drug-likeness (QED) is 0.679. The molecule has 8 nitrogen and oxygen atoms in total. The van der Waals surface area contributed by atoms with Crippen LogP contribution < -0.4 is 0 Å². The molecule has 2 amide bonds. The van der Waals surface area contributed by atoms with Gasteiger partial charge in [-0.05, 0) is 33.0 Å². The molecule has 2 heterocycles. The zero-order chi connectivity index (χ0) is 21.7. The van der Waals surface area contributed by atoms with E-state index in [4.69, 9.17) is 12.2 Å². The minimum absolute atomic E-state index is 0.00980. The van der Waals surface area contributed by atoms with Gasteiger partial charge in [0, 0.05) is 44.8 Å². The summed E-state index contributed by atoms with van der Waals surface area (Å²) in [4.78, 5) is 31.0. The van der Waals surface area contributed by atoms with E-state index < -0.39 is 0 Å². The smallest absolute Gasteiger partial charge is 0.242 e. The molecule has 0 radical (unpaired) electrons. The van der Waals surface area contributed by atoms with Crippen LogP contribution in [0, 0.1) is 11.7 Å². The van der Waals surface area contributed by atoms with E-state index in [1.807, 2.05) is 54.8 Å². The summed E-state index contributed by atoms with van der Waals surface area (Å²) in [6.07, 6.45) is 0. The van der Waals surface area contributed by atoms with Crippen molar-refractivity contribution in [3.05, 3.63) is 34.6 Å². The van der Waals surface area contributed by atoms with Gasteiger partial charge in [0.2, 0.25) is 11.8 Å². The highest BCUT2D eigenvalue weighted by atomic mass is 32.1. The molecule has 1 aliphatic heterocycles. The van der Waals surface area contributed by atoms with Gasteiger partial charge in [0.1, 0.15) is 6.54 Å². The molecule has 0 unspecified atom stereocenters. The lowest BCUT2D eigenvalue weighted by Crippen LogP contribution is -2.52. The Labute approximate surface area is 182 Å². The summed E-state index contributed by atoms with van der Waals surface area (Å²) in [5, 5.41) is 7.12. The second-order valence-corrected chi connectivity index (χ2v) is 7.91. The Balaban J connectivity index is 1.59. The zero-order valence-corrected chi connectivity index (χ0v) is 18.7. The number of likely N-dealkylation sites (N-methyl/N-ethyl adjacent to an activating group) is 1. The van der Waals surface area contributed by atoms with Crippen LogP contribution in [-0.4, -0.2) is 87.1 Å². The molecule has 0 bridgehead atoms. The number of benzene rings is 1. The summed E-state index contributed by atoms with van der Waals surface area (Å²) < 4.78 is 2.18. The number of amides is 2. The van der Waals surface area contributed by atoms with Crippen LogP contribution in [0.15, 0.2) is 24.3 Å². The number of aromatic amines is 1. The number of hydrogen-bond acceptors (Lipinski definition) is 5. The van der Waals surface area contributed by atoms with Crippen molar-refractivity contribution in [3.63, 3.8) is 0 Å². The molecule has 1 fully saturated rings. The Morgan fingerprint density at radius 2 is 1.70 bits per heavy atom. The monoisotopic (exact) mass is 430 g/mol. The molecule has 30 heavy (non-hydrogen) atoms. The van der Waals surface area contributed by atoms with E-state index in [1.165, 1.54) is 0 Å². The predicted molar refractivity (Wildman–Crippen MR) is 119 cm³/mol. The minimum Gasteiger partial charge on any atom is -0.342 e. The SMILES string of the molecule is CCN(CC)C(=O)CN1CCN(C(=O)Cn2c(-c3ccc(C)cc3)n[nH]c2=S)CC1.